The van der Waals surface area contributed by atoms with Crippen molar-refractivity contribution in [2.45, 2.75) is 6.42 Å². The fourth-order valence-electron chi connectivity index (χ4n) is 1.56. The maximum atomic E-state index is 13.7. The van der Waals surface area contributed by atoms with Crippen molar-refractivity contribution in [2.75, 3.05) is 0 Å². The summed E-state index contributed by atoms with van der Waals surface area (Å²) in [7, 11) is 0. The van der Waals surface area contributed by atoms with E-state index >= 15 is 0 Å². The van der Waals surface area contributed by atoms with E-state index in [0.717, 1.165) is 0 Å². The quantitative estimate of drug-likeness (QED) is 0.906. The third kappa shape index (κ3) is 2.70. The van der Waals surface area contributed by atoms with Crippen LogP contribution in [0.5, 0.6) is 0 Å². The molecular weight excluding hydrogens is 326 g/mol. The molecule has 1 aromatic heterocycles. The molecule has 0 amide bonds. The number of aromatic nitrogens is 2. The summed E-state index contributed by atoms with van der Waals surface area (Å²) in [5.74, 6) is -1.54. The van der Waals surface area contributed by atoms with E-state index in [-0.39, 0.29) is 17.7 Å². The number of aromatic amines is 1. The molecule has 0 spiro atoms. The number of hydrogen-bond acceptors (Lipinski definition) is 2. The summed E-state index contributed by atoms with van der Waals surface area (Å²) in [5, 5.41) is 9.14. The summed E-state index contributed by atoms with van der Waals surface area (Å²) < 4.78 is 14.0. The van der Waals surface area contributed by atoms with E-state index in [4.69, 9.17) is 16.7 Å². The number of nitrogens with one attached hydrogen (secondary N) is 1. The molecule has 0 fully saturated rings. The van der Waals surface area contributed by atoms with Gasteiger partial charge in [0.25, 0.3) is 0 Å². The third-order valence-corrected chi connectivity index (χ3v) is 2.87. The largest absolute Gasteiger partial charge is 0.481 e. The van der Waals surface area contributed by atoms with Gasteiger partial charge in [-0.1, -0.05) is 11.6 Å². The molecule has 94 valence electrons. The highest BCUT2D eigenvalue weighted by molar-refractivity contribution is 9.10. The molecule has 2 N–H and O–H groups in total. The van der Waals surface area contributed by atoms with Gasteiger partial charge in [0.05, 0.1) is 17.8 Å². The molecule has 0 aliphatic carbocycles. The summed E-state index contributed by atoms with van der Waals surface area (Å²) >= 11 is 8.90. The third-order valence-electron chi connectivity index (χ3n) is 2.26. The molecule has 1 heterocycles. The molecule has 0 atom stereocenters. The van der Waals surface area contributed by atoms with Crippen LogP contribution in [0.2, 0.25) is 5.02 Å². The molecule has 2 aromatic rings. The number of nitrogens with zero attached hydrogens (tertiary/aromatic N) is 1. The average molecular weight is 334 g/mol. The second-order valence-electron chi connectivity index (χ2n) is 3.55. The van der Waals surface area contributed by atoms with Crippen molar-refractivity contribution in [3.8, 4) is 11.3 Å². The molecule has 2 rings (SSSR count). The van der Waals surface area contributed by atoms with Gasteiger partial charge in [-0.05, 0) is 34.1 Å². The van der Waals surface area contributed by atoms with Crippen LogP contribution in [0.15, 0.2) is 22.9 Å². The highest BCUT2D eigenvalue weighted by atomic mass is 79.9. The highest BCUT2D eigenvalue weighted by Crippen LogP contribution is 2.28. The summed E-state index contributed by atoms with van der Waals surface area (Å²) in [5.41, 5.74) is 0.723. The van der Waals surface area contributed by atoms with Crippen LogP contribution in [0.3, 0.4) is 0 Å². The number of carboxylic acids is 1. The molecular formula is C11H7BrClFN2O2. The van der Waals surface area contributed by atoms with Gasteiger partial charge < -0.3 is 10.1 Å². The number of hydrogen-bond donors (Lipinski definition) is 2. The van der Waals surface area contributed by atoms with E-state index < -0.39 is 11.8 Å². The first-order valence-corrected chi connectivity index (χ1v) is 6.06. The smallest absolute Gasteiger partial charge is 0.309 e. The van der Waals surface area contributed by atoms with Crippen molar-refractivity contribution in [2.24, 2.45) is 0 Å². The van der Waals surface area contributed by atoms with Gasteiger partial charge in [0, 0.05) is 10.6 Å². The van der Waals surface area contributed by atoms with Crippen molar-refractivity contribution in [1.82, 2.24) is 9.97 Å². The van der Waals surface area contributed by atoms with E-state index in [1.54, 1.807) is 0 Å². The van der Waals surface area contributed by atoms with E-state index in [1.165, 1.54) is 18.2 Å². The van der Waals surface area contributed by atoms with Crippen LogP contribution in [-0.2, 0) is 11.2 Å². The Kier molecular flexibility index (Phi) is 3.68. The lowest BCUT2D eigenvalue weighted by Crippen LogP contribution is -2.02. The van der Waals surface area contributed by atoms with Gasteiger partial charge in [-0.3, -0.25) is 4.79 Å². The molecule has 0 radical (unpaired) electrons. The predicted octanol–water partition coefficient (Wildman–Crippen LogP) is 3.26. The normalized spacial score (nSPS) is 10.6. The van der Waals surface area contributed by atoms with Crippen molar-refractivity contribution < 1.29 is 14.3 Å². The molecule has 0 saturated heterocycles. The molecule has 0 aliphatic rings. The lowest BCUT2D eigenvalue weighted by molar-refractivity contribution is -0.136. The lowest BCUT2D eigenvalue weighted by Gasteiger charge is -2.03. The van der Waals surface area contributed by atoms with E-state index in [2.05, 4.69) is 25.9 Å². The molecule has 0 aliphatic heterocycles. The molecule has 0 bridgehead atoms. The van der Waals surface area contributed by atoms with Gasteiger partial charge in [-0.2, -0.15) is 0 Å². The zero-order valence-corrected chi connectivity index (χ0v) is 11.2. The molecule has 7 heteroatoms. The first-order chi connectivity index (χ1) is 8.47. The second kappa shape index (κ2) is 5.07. The maximum absolute atomic E-state index is 13.7. The number of halogens is 3. The maximum Gasteiger partial charge on any atom is 0.309 e. The van der Waals surface area contributed by atoms with Crippen LogP contribution >= 0.6 is 27.5 Å². The molecule has 0 saturated carbocycles. The monoisotopic (exact) mass is 332 g/mol. The Labute approximate surface area is 115 Å². The number of carbonyl (C=O) groups is 1. The standard InChI is InChI=1S/C11H7BrClFN2O2/c12-11-15-8(4-9(17)18)10(16-11)6-3-5(13)1-2-7(6)14/h1-3H,4H2,(H,15,16)(H,17,18). The Hall–Kier alpha value is -1.40. The number of carboxylic acid groups (broad SMARTS) is 1. The number of aliphatic carboxylic acids is 1. The average Bonchev–Trinajstić information content (AvgIpc) is 2.62. The van der Waals surface area contributed by atoms with Gasteiger partial charge >= 0.3 is 5.97 Å². The van der Waals surface area contributed by atoms with Crippen molar-refractivity contribution in [1.29, 1.82) is 0 Å². The van der Waals surface area contributed by atoms with E-state index in [1.807, 2.05) is 0 Å². The van der Waals surface area contributed by atoms with Crippen LogP contribution in [0.25, 0.3) is 11.3 Å². The Morgan fingerprint density at radius 3 is 2.94 bits per heavy atom. The fraction of sp³-hybridized carbons (Fsp3) is 0.0909. The zero-order valence-electron chi connectivity index (χ0n) is 8.88. The minimum Gasteiger partial charge on any atom is -0.481 e. The minimum absolute atomic E-state index is 0.167. The number of H-pyrrole nitrogens is 1. The molecule has 0 unspecified atom stereocenters. The predicted molar refractivity (Wildman–Crippen MR) is 68.0 cm³/mol. The number of imidazole rings is 1. The first kappa shape index (κ1) is 13.0. The van der Waals surface area contributed by atoms with Crippen LogP contribution in [0, 0.1) is 5.82 Å². The second-order valence-corrected chi connectivity index (χ2v) is 4.74. The van der Waals surface area contributed by atoms with Crippen molar-refractivity contribution >= 4 is 33.5 Å². The first-order valence-electron chi connectivity index (χ1n) is 4.89. The Morgan fingerprint density at radius 1 is 1.56 bits per heavy atom. The molecule has 18 heavy (non-hydrogen) atoms. The topological polar surface area (TPSA) is 66.0 Å². The minimum atomic E-state index is -1.03. The molecule has 1 aromatic carbocycles. The van der Waals surface area contributed by atoms with Gasteiger partial charge in [-0.25, -0.2) is 9.37 Å². The van der Waals surface area contributed by atoms with Crippen molar-refractivity contribution in [3.05, 3.63) is 39.5 Å². The summed E-state index contributed by atoms with van der Waals surface area (Å²) in [6, 6.07) is 4.04. The summed E-state index contributed by atoms with van der Waals surface area (Å²) in [4.78, 5) is 17.5. The summed E-state index contributed by atoms with van der Waals surface area (Å²) in [6.07, 6.45) is -0.278. The van der Waals surface area contributed by atoms with Crippen LogP contribution in [-0.4, -0.2) is 21.0 Å². The van der Waals surface area contributed by atoms with Gasteiger partial charge in [0.2, 0.25) is 0 Å². The van der Waals surface area contributed by atoms with Gasteiger partial charge in [0.1, 0.15) is 5.82 Å². The van der Waals surface area contributed by atoms with E-state index in [0.29, 0.717) is 15.5 Å². The van der Waals surface area contributed by atoms with Gasteiger partial charge in [0.15, 0.2) is 4.73 Å². The van der Waals surface area contributed by atoms with E-state index in [9.17, 15) is 9.18 Å². The van der Waals surface area contributed by atoms with Crippen LogP contribution in [0.1, 0.15) is 5.69 Å². The number of benzene rings is 1. The summed E-state index contributed by atoms with van der Waals surface area (Å²) in [6.45, 7) is 0. The van der Waals surface area contributed by atoms with Crippen LogP contribution < -0.4 is 0 Å². The van der Waals surface area contributed by atoms with Gasteiger partial charge in [-0.15, -0.1) is 0 Å². The highest BCUT2D eigenvalue weighted by Gasteiger charge is 2.17. The SMILES string of the molecule is O=C(O)Cc1[nH]c(Br)nc1-c1cc(Cl)ccc1F. The zero-order chi connectivity index (χ0) is 13.3. The Balaban J connectivity index is 2.55. The fourth-order valence-corrected chi connectivity index (χ4v) is 2.15. The Morgan fingerprint density at radius 2 is 2.28 bits per heavy atom. The number of rotatable bonds is 3. The molecule has 4 nitrogen and oxygen atoms in total. The Bertz CT molecular complexity index is 615. The lowest BCUT2D eigenvalue weighted by atomic mass is 10.1. The van der Waals surface area contributed by atoms with Crippen LogP contribution in [0.4, 0.5) is 4.39 Å². The van der Waals surface area contributed by atoms with Crippen molar-refractivity contribution in [3.63, 3.8) is 0 Å².